The minimum atomic E-state index is -5.17. The van der Waals surface area contributed by atoms with Crippen LogP contribution in [0.5, 0.6) is 11.6 Å². The molecule has 1 heterocycles. The number of aromatic hydroxyl groups is 1. The number of ether oxygens (including phenoxy) is 1. The van der Waals surface area contributed by atoms with Crippen LogP contribution >= 0.6 is 0 Å². The first-order valence-electron chi connectivity index (χ1n) is 4.38. The second kappa shape index (κ2) is 5.03. The number of halogens is 5. The molecule has 98 valence electrons. The largest absolute Gasteiger partial charge is 0.574 e. The van der Waals surface area contributed by atoms with Crippen LogP contribution in [0.1, 0.15) is 17.6 Å². The van der Waals surface area contributed by atoms with Gasteiger partial charge in [-0.1, -0.05) is 0 Å². The molecule has 0 unspecified atom stereocenters. The van der Waals surface area contributed by atoms with E-state index in [9.17, 15) is 27.1 Å². The maximum absolute atomic E-state index is 12.6. The molecule has 0 atom stereocenters. The lowest BCUT2D eigenvalue weighted by Crippen LogP contribution is -2.18. The van der Waals surface area contributed by atoms with Gasteiger partial charge in [0.05, 0.1) is 18.1 Å². The van der Waals surface area contributed by atoms with Crippen LogP contribution in [0, 0.1) is 11.3 Å². The maximum Gasteiger partial charge on any atom is 0.574 e. The molecule has 0 aliphatic heterocycles. The standard InChI is InChI=1S/C9H5F5N2O2/c10-7(11)5-4(1-2-15)3-16-8(6(5)17)18-9(12,13)14/h3,7,17H,1H2. The molecule has 0 fully saturated rings. The topological polar surface area (TPSA) is 66.1 Å². The maximum atomic E-state index is 12.6. The van der Waals surface area contributed by atoms with Crippen molar-refractivity contribution in [3.05, 3.63) is 17.3 Å². The highest BCUT2D eigenvalue weighted by Crippen LogP contribution is 2.39. The lowest BCUT2D eigenvalue weighted by atomic mass is 10.1. The van der Waals surface area contributed by atoms with Crippen molar-refractivity contribution >= 4 is 0 Å². The SMILES string of the molecule is N#CCc1cnc(OC(F)(F)F)c(O)c1C(F)F. The van der Waals surface area contributed by atoms with Gasteiger partial charge in [0.2, 0.25) is 0 Å². The van der Waals surface area contributed by atoms with Crippen molar-refractivity contribution in [3.63, 3.8) is 0 Å². The van der Waals surface area contributed by atoms with Crippen LogP contribution < -0.4 is 4.74 Å². The summed E-state index contributed by atoms with van der Waals surface area (Å²) in [5, 5.41) is 17.6. The Kier molecular flexibility index (Phi) is 3.90. The van der Waals surface area contributed by atoms with Gasteiger partial charge in [-0.25, -0.2) is 13.8 Å². The van der Waals surface area contributed by atoms with Crippen molar-refractivity contribution < 1.29 is 31.8 Å². The third-order valence-electron chi connectivity index (χ3n) is 1.84. The number of aromatic nitrogens is 1. The molecule has 1 N–H and O–H groups in total. The zero-order valence-electron chi connectivity index (χ0n) is 8.50. The fourth-order valence-corrected chi connectivity index (χ4v) is 1.19. The summed E-state index contributed by atoms with van der Waals surface area (Å²) in [6, 6.07) is 1.53. The normalized spacial score (nSPS) is 11.4. The molecular formula is C9H5F5N2O2. The molecule has 18 heavy (non-hydrogen) atoms. The second-order valence-electron chi connectivity index (χ2n) is 3.03. The van der Waals surface area contributed by atoms with E-state index in [0.29, 0.717) is 6.20 Å². The summed E-state index contributed by atoms with van der Waals surface area (Å²) in [4.78, 5) is 3.05. The number of nitriles is 1. The van der Waals surface area contributed by atoms with Gasteiger partial charge in [0.1, 0.15) is 0 Å². The van der Waals surface area contributed by atoms with Crippen molar-refractivity contribution in [2.45, 2.75) is 19.2 Å². The first kappa shape index (κ1) is 14.0. The van der Waals surface area contributed by atoms with Crippen LogP contribution in [-0.2, 0) is 6.42 Å². The zero-order valence-corrected chi connectivity index (χ0v) is 8.50. The Morgan fingerprint density at radius 3 is 2.50 bits per heavy atom. The number of alkyl halides is 5. The van der Waals surface area contributed by atoms with Gasteiger partial charge in [-0.05, 0) is 5.56 Å². The van der Waals surface area contributed by atoms with Crippen LogP contribution in [0.2, 0.25) is 0 Å². The lowest BCUT2D eigenvalue weighted by molar-refractivity contribution is -0.276. The zero-order chi connectivity index (χ0) is 13.9. The van der Waals surface area contributed by atoms with Crippen molar-refractivity contribution in [2.24, 2.45) is 0 Å². The molecular weight excluding hydrogens is 263 g/mol. The van der Waals surface area contributed by atoms with E-state index in [1.165, 1.54) is 6.07 Å². The predicted octanol–water partition coefficient (Wildman–Crippen LogP) is 2.69. The number of pyridine rings is 1. The molecule has 0 saturated heterocycles. The quantitative estimate of drug-likeness (QED) is 0.856. The minimum Gasteiger partial charge on any atom is -0.503 e. The highest BCUT2D eigenvalue weighted by Gasteiger charge is 2.34. The molecule has 1 rings (SSSR count). The van der Waals surface area contributed by atoms with Crippen LogP contribution in [0.3, 0.4) is 0 Å². The van der Waals surface area contributed by atoms with Gasteiger partial charge in [0, 0.05) is 6.20 Å². The van der Waals surface area contributed by atoms with E-state index in [0.717, 1.165) is 0 Å². The fraction of sp³-hybridized carbons (Fsp3) is 0.333. The highest BCUT2D eigenvalue weighted by atomic mass is 19.4. The number of hydrogen-bond acceptors (Lipinski definition) is 4. The Morgan fingerprint density at radius 2 is 2.06 bits per heavy atom. The molecule has 0 saturated carbocycles. The third-order valence-corrected chi connectivity index (χ3v) is 1.84. The summed E-state index contributed by atoms with van der Waals surface area (Å²) in [5.74, 6) is -2.80. The summed E-state index contributed by atoms with van der Waals surface area (Å²) >= 11 is 0. The fourth-order valence-electron chi connectivity index (χ4n) is 1.19. The Balaban J connectivity index is 3.27. The van der Waals surface area contributed by atoms with Gasteiger partial charge in [-0.15, -0.1) is 13.2 Å². The third kappa shape index (κ3) is 3.19. The van der Waals surface area contributed by atoms with Gasteiger partial charge in [0.25, 0.3) is 12.3 Å². The van der Waals surface area contributed by atoms with Gasteiger partial charge in [0.15, 0.2) is 5.75 Å². The van der Waals surface area contributed by atoms with Crippen LogP contribution in [0.15, 0.2) is 6.20 Å². The highest BCUT2D eigenvalue weighted by molar-refractivity contribution is 5.46. The monoisotopic (exact) mass is 268 g/mol. The Bertz CT molecular complexity index is 481. The summed E-state index contributed by atoms with van der Waals surface area (Å²) in [5.41, 5.74) is -1.45. The summed E-state index contributed by atoms with van der Waals surface area (Å²) in [7, 11) is 0. The summed E-state index contributed by atoms with van der Waals surface area (Å²) in [6.45, 7) is 0. The molecule has 0 radical (unpaired) electrons. The average molecular weight is 268 g/mol. The van der Waals surface area contributed by atoms with Crippen molar-refractivity contribution in [3.8, 4) is 17.7 Å². The first-order chi connectivity index (χ1) is 8.26. The van der Waals surface area contributed by atoms with Crippen LogP contribution in [0.4, 0.5) is 22.0 Å². The average Bonchev–Trinajstić information content (AvgIpc) is 2.20. The molecule has 0 aliphatic rings. The molecule has 9 heteroatoms. The van der Waals surface area contributed by atoms with Gasteiger partial charge in [-0.3, -0.25) is 0 Å². The van der Waals surface area contributed by atoms with E-state index in [4.69, 9.17) is 5.26 Å². The molecule has 1 aromatic heterocycles. The first-order valence-corrected chi connectivity index (χ1v) is 4.38. The van der Waals surface area contributed by atoms with Crippen LogP contribution in [-0.4, -0.2) is 16.5 Å². The molecule has 4 nitrogen and oxygen atoms in total. The van der Waals surface area contributed by atoms with Crippen LogP contribution in [0.25, 0.3) is 0 Å². The van der Waals surface area contributed by atoms with E-state index < -0.39 is 36.4 Å². The van der Waals surface area contributed by atoms with Gasteiger partial charge < -0.3 is 9.84 Å². The van der Waals surface area contributed by atoms with E-state index in [1.54, 1.807) is 0 Å². The Morgan fingerprint density at radius 1 is 1.44 bits per heavy atom. The van der Waals surface area contributed by atoms with E-state index in [2.05, 4.69) is 9.72 Å². The molecule has 0 aromatic carbocycles. The van der Waals surface area contributed by atoms with E-state index >= 15 is 0 Å². The van der Waals surface area contributed by atoms with E-state index in [1.807, 2.05) is 0 Å². The van der Waals surface area contributed by atoms with Crippen molar-refractivity contribution in [1.29, 1.82) is 5.26 Å². The Hall–Kier alpha value is -2.11. The Labute approximate surface area is 97.2 Å². The minimum absolute atomic E-state index is 0.362. The van der Waals surface area contributed by atoms with Gasteiger partial charge in [-0.2, -0.15) is 5.26 Å². The van der Waals surface area contributed by atoms with Crippen molar-refractivity contribution in [2.75, 3.05) is 0 Å². The summed E-state index contributed by atoms with van der Waals surface area (Å²) < 4.78 is 64.1. The van der Waals surface area contributed by atoms with Gasteiger partial charge >= 0.3 is 6.36 Å². The van der Waals surface area contributed by atoms with Crippen molar-refractivity contribution in [1.82, 2.24) is 4.98 Å². The number of rotatable bonds is 3. The van der Waals surface area contributed by atoms with E-state index in [-0.39, 0.29) is 5.56 Å². The number of nitrogens with zero attached hydrogens (tertiary/aromatic N) is 2. The molecule has 0 amide bonds. The molecule has 0 aliphatic carbocycles. The second-order valence-corrected chi connectivity index (χ2v) is 3.03. The lowest BCUT2D eigenvalue weighted by Gasteiger charge is -2.13. The molecule has 1 aromatic rings. The smallest absolute Gasteiger partial charge is 0.503 e. The summed E-state index contributed by atoms with van der Waals surface area (Å²) in [6.07, 6.45) is -8.31. The molecule has 0 bridgehead atoms. The number of hydrogen-bond donors (Lipinski definition) is 1. The molecule has 0 spiro atoms. The predicted molar refractivity (Wildman–Crippen MR) is 46.9 cm³/mol.